The predicted molar refractivity (Wildman–Crippen MR) is 123 cm³/mol. The zero-order valence-electron chi connectivity index (χ0n) is 17.9. The second-order valence-electron chi connectivity index (χ2n) is 7.89. The summed E-state index contributed by atoms with van der Waals surface area (Å²) in [6.45, 7) is 2.73. The Hall–Kier alpha value is -3.32. The van der Waals surface area contributed by atoms with Crippen molar-refractivity contribution in [3.05, 3.63) is 60.4 Å². The first-order valence-corrected chi connectivity index (χ1v) is 10.7. The maximum Gasteiger partial charge on any atom is 0.124 e. The van der Waals surface area contributed by atoms with Crippen LogP contribution in [0.4, 0.5) is 17.1 Å². The summed E-state index contributed by atoms with van der Waals surface area (Å²) in [4.78, 5) is 7.24. The zero-order chi connectivity index (χ0) is 21.2. The Morgan fingerprint density at radius 2 is 1.74 bits per heavy atom. The Balaban J connectivity index is 1.52. The summed E-state index contributed by atoms with van der Waals surface area (Å²) >= 11 is 0. The van der Waals surface area contributed by atoms with Gasteiger partial charge in [0.1, 0.15) is 11.5 Å². The molecule has 0 spiro atoms. The van der Waals surface area contributed by atoms with Crippen LogP contribution in [0.5, 0.6) is 11.5 Å². The second kappa shape index (κ2) is 8.43. The Bertz CT molecular complexity index is 1080. The van der Waals surface area contributed by atoms with Gasteiger partial charge < -0.3 is 19.7 Å². The van der Waals surface area contributed by atoms with Crippen LogP contribution in [-0.2, 0) is 0 Å². The molecular formula is C24H27N5O2. The molecule has 5 rings (SSSR count). The average Bonchev–Trinajstić information content (AvgIpc) is 3.34. The summed E-state index contributed by atoms with van der Waals surface area (Å²) in [5.74, 6) is 1.52. The second-order valence-corrected chi connectivity index (χ2v) is 7.89. The van der Waals surface area contributed by atoms with Crippen molar-refractivity contribution < 1.29 is 9.47 Å². The summed E-state index contributed by atoms with van der Waals surface area (Å²) in [5, 5.41) is 8.09. The molecule has 0 radical (unpaired) electrons. The van der Waals surface area contributed by atoms with Crippen molar-refractivity contribution in [1.82, 2.24) is 15.1 Å². The number of hydrogen-bond donors (Lipinski definition) is 1. The number of fused-ring (bicyclic) bond motifs is 1. The van der Waals surface area contributed by atoms with Gasteiger partial charge in [0.15, 0.2) is 0 Å². The van der Waals surface area contributed by atoms with Gasteiger partial charge in [0, 0.05) is 35.6 Å². The van der Waals surface area contributed by atoms with Crippen molar-refractivity contribution in [2.75, 3.05) is 38.8 Å². The molecule has 0 amide bonds. The minimum Gasteiger partial charge on any atom is -0.497 e. The molecule has 2 aliphatic rings. The Morgan fingerprint density at radius 1 is 1.00 bits per heavy atom. The summed E-state index contributed by atoms with van der Waals surface area (Å²) in [6, 6.07) is 14.6. The van der Waals surface area contributed by atoms with E-state index in [1.807, 2.05) is 36.5 Å². The van der Waals surface area contributed by atoms with Crippen molar-refractivity contribution >= 4 is 22.8 Å². The van der Waals surface area contributed by atoms with Crippen LogP contribution >= 0.6 is 0 Å². The van der Waals surface area contributed by atoms with Gasteiger partial charge in [-0.1, -0.05) is 12.1 Å². The van der Waals surface area contributed by atoms with Crippen molar-refractivity contribution in [3.63, 3.8) is 0 Å². The van der Waals surface area contributed by atoms with Crippen LogP contribution in [-0.4, -0.2) is 49.3 Å². The highest BCUT2D eigenvalue weighted by Gasteiger charge is 2.24. The number of anilines is 2. The Kier molecular flexibility index (Phi) is 5.34. The molecule has 2 aliphatic heterocycles. The van der Waals surface area contributed by atoms with Gasteiger partial charge in [0.2, 0.25) is 0 Å². The normalized spacial score (nSPS) is 16.6. The lowest BCUT2D eigenvalue weighted by atomic mass is 10.1. The van der Waals surface area contributed by atoms with E-state index in [0.29, 0.717) is 12.6 Å². The van der Waals surface area contributed by atoms with Crippen molar-refractivity contribution in [2.24, 2.45) is 4.99 Å². The molecular weight excluding hydrogens is 390 g/mol. The maximum absolute atomic E-state index is 5.50. The standard InChI is InChI=1S/C24H27N5O2/c1-30-20-11-19(12-21(13-20)31-2)28-16-23(27-22-5-3-4-6-24(22)28)17-14-26-29(15-17)18-7-9-25-10-8-18/h3-6,11-15,18,25H,7-10,16H2,1-2H3. The molecule has 0 bridgehead atoms. The molecule has 2 aromatic carbocycles. The fourth-order valence-electron chi connectivity index (χ4n) is 4.30. The van der Waals surface area contributed by atoms with Crippen molar-refractivity contribution in [1.29, 1.82) is 0 Å². The predicted octanol–water partition coefficient (Wildman–Crippen LogP) is 4.10. The molecule has 1 fully saturated rings. The first-order valence-electron chi connectivity index (χ1n) is 10.7. The van der Waals surface area contributed by atoms with Crippen LogP contribution < -0.4 is 19.7 Å². The number of methoxy groups -OCH3 is 2. The lowest BCUT2D eigenvalue weighted by molar-refractivity contribution is 0.343. The SMILES string of the molecule is COc1cc(OC)cc(N2CC(c3cnn(C4CCNCC4)c3)=Nc3ccccc32)c1. The Morgan fingerprint density at radius 3 is 2.48 bits per heavy atom. The van der Waals surface area contributed by atoms with Gasteiger partial charge >= 0.3 is 0 Å². The molecule has 3 aromatic rings. The number of piperidine rings is 1. The molecule has 1 saturated heterocycles. The van der Waals surface area contributed by atoms with E-state index in [1.54, 1.807) is 14.2 Å². The molecule has 160 valence electrons. The summed E-state index contributed by atoms with van der Waals surface area (Å²) < 4.78 is 13.1. The number of benzene rings is 2. The molecule has 0 saturated carbocycles. The minimum atomic E-state index is 0.449. The van der Waals surface area contributed by atoms with Crippen LogP contribution in [0, 0.1) is 0 Å². The van der Waals surface area contributed by atoms with Gasteiger partial charge in [-0.3, -0.25) is 4.68 Å². The summed E-state index contributed by atoms with van der Waals surface area (Å²) in [6.07, 6.45) is 6.30. The lowest BCUT2D eigenvalue weighted by Crippen LogP contribution is -2.30. The van der Waals surface area contributed by atoms with E-state index in [0.717, 1.165) is 65.8 Å². The third-order valence-electron chi connectivity index (χ3n) is 6.00. The van der Waals surface area contributed by atoms with Crippen LogP contribution in [0.15, 0.2) is 59.9 Å². The lowest BCUT2D eigenvalue weighted by Gasteiger charge is -2.30. The smallest absolute Gasteiger partial charge is 0.124 e. The van der Waals surface area contributed by atoms with Crippen LogP contribution in [0.25, 0.3) is 0 Å². The van der Waals surface area contributed by atoms with E-state index in [9.17, 15) is 0 Å². The maximum atomic E-state index is 5.50. The number of rotatable bonds is 5. The molecule has 7 heteroatoms. The first-order chi connectivity index (χ1) is 15.2. The highest BCUT2D eigenvalue weighted by atomic mass is 16.5. The fourth-order valence-corrected chi connectivity index (χ4v) is 4.30. The average molecular weight is 418 g/mol. The van der Waals surface area contributed by atoms with Gasteiger partial charge in [0.05, 0.1) is 50.1 Å². The Labute approximate surface area is 182 Å². The van der Waals surface area contributed by atoms with E-state index in [-0.39, 0.29) is 0 Å². The number of para-hydroxylation sites is 2. The van der Waals surface area contributed by atoms with E-state index < -0.39 is 0 Å². The molecule has 1 N–H and O–H groups in total. The zero-order valence-corrected chi connectivity index (χ0v) is 17.9. The van der Waals surface area contributed by atoms with E-state index in [4.69, 9.17) is 14.5 Å². The fraction of sp³-hybridized carbons (Fsp3) is 0.333. The third kappa shape index (κ3) is 3.88. The van der Waals surface area contributed by atoms with Crippen molar-refractivity contribution in [2.45, 2.75) is 18.9 Å². The number of nitrogens with one attached hydrogen (secondary N) is 1. The van der Waals surface area contributed by atoms with Crippen LogP contribution in [0.1, 0.15) is 24.4 Å². The molecule has 0 unspecified atom stereocenters. The molecule has 7 nitrogen and oxygen atoms in total. The molecule has 0 aliphatic carbocycles. The number of hydrogen-bond acceptors (Lipinski definition) is 6. The highest BCUT2D eigenvalue weighted by molar-refractivity contribution is 6.08. The van der Waals surface area contributed by atoms with Gasteiger partial charge in [0.25, 0.3) is 0 Å². The third-order valence-corrected chi connectivity index (χ3v) is 6.00. The summed E-state index contributed by atoms with van der Waals surface area (Å²) in [7, 11) is 3.34. The molecule has 0 atom stereocenters. The monoisotopic (exact) mass is 417 g/mol. The van der Waals surface area contributed by atoms with Gasteiger partial charge in [-0.2, -0.15) is 5.10 Å². The van der Waals surface area contributed by atoms with E-state index in [1.165, 1.54) is 0 Å². The highest BCUT2D eigenvalue weighted by Crippen LogP contribution is 2.40. The number of aromatic nitrogens is 2. The number of ether oxygens (including phenoxy) is 2. The quantitative estimate of drug-likeness (QED) is 0.677. The molecule has 3 heterocycles. The number of nitrogens with zero attached hydrogens (tertiary/aromatic N) is 4. The van der Waals surface area contributed by atoms with E-state index >= 15 is 0 Å². The largest absolute Gasteiger partial charge is 0.497 e. The van der Waals surface area contributed by atoms with Crippen molar-refractivity contribution in [3.8, 4) is 11.5 Å². The molecule has 1 aromatic heterocycles. The minimum absolute atomic E-state index is 0.449. The van der Waals surface area contributed by atoms with Gasteiger partial charge in [-0.25, -0.2) is 4.99 Å². The van der Waals surface area contributed by atoms with Crippen LogP contribution in [0.3, 0.4) is 0 Å². The van der Waals surface area contributed by atoms with Crippen LogP contribution in [0.2, 0.25) is 0 Å². The topological polar surface area (TPSA) is 63.9 Å². The van der Waals surface area contributed by atoms with E-state index in [2.05, 4.69) is 38.3 Å². The summed E-state index contributed by atoms with van der Waals surface area (Å²) in [5.41, 5.74) is 5.07. The van der Waals surface area contributed by atoms with Gasteiger partial charge in [-0.05, 0) is 38.1 Å². The molecule has 31 heavy (non-hydrogen) atoms. The first kappa shape index (κ1) is 19.6. The number of aliphatic imine (C=N–C) groups is 1. The van der Waals surface area contributed by atoms with Gasteiger partial charge in [-0.15, -0.1) is 0 Å².